The highest BCUT2D eigenvalue weighted by molar-refractivity contribution is 7.14. The molecule has 1 saturated heterocycles. The Morgan fingerprint density at radius 1 is 1.14 bits per heavy atom. The number of nitrogens with one attached hydrogen (secondary N) is 2. The van der Waals surface area contributed by atoms with Gasteiger partial charge in [0.15, 0.2) is 5.13 Å². The van der Waals surface area contributed by atoms with Crippen molar-refractivity contribution >= 4 is 39.9 Å². The highest BCUT2D eigenvalue weighted by Gasteiger charge is 2.24. The van der Waals surface area contributed by atoms with Gasteiger partial charge in [0.05, 0.1) is 11.4 Å². The Morgan fingerprint density at radius 3 is 2.69 bits per heavy atom. The lowest BCUT2D eigenvalue weighted by molar-refractivity contribution is -0.130. The van der Waals surface area contributed by atoms with Gasteiger partial charge >= 0.3 is 0 Å². The van der Waals surface area contributed by atoms with Crippen LogP contribution in [0.1, 0.15) is 23.2 Å². The molecule has 2 aromatic carbocycles. The summed E-state index contributed by atoms with van der Waals surface area (Å²) >= 11 is 1.23. The number of thiazole rings is 1. The molecule has 0 spiro atoms. The van der Waals surface area contributed by atoms with Gasteiger partial charge in [-0.2, -0.15) is 0 Å². The zero-order valence-electron chi connectivity index (χ0n) is 15.0. The normalized spacial score (nSPS) is 13.9. The van der Waals surface area contributed by atoms with Gasteiger partial charge in [0.25, 0.3) is 5.91 Å². The van der Waals surface area contributed by atoms with Gasteiger partial charge in [-0.3, -0.25) is 25.1 Å². The Morgan fingerprint density at radius 2 is 1.93 bits per heavy atom. The molecule has 0 atom stereocenters. The van der Waals surface area contributed by atoms with E-state index in [4.69, 9.17) is 0 Å². The van der Waals surface area contributed by atoms with Crippen LogP contribution in [-0.4, -0.2) is 22.7 Å². The van der Waals surface area contributed by atoms with E-state index in [9.17, 15) is 18.8 Å². The third kappa shape index (κ3) is 4.14. The minimum Gasteiger partial charge on any atom is -0.298 e. The number of carbonyl (C=O) groups excluding carboxylic acids is 3. The minimum atomic E-state index is -0.370. The molecular weight excluding hydrogens is 395 g/mol. The SMILES string of the molecule is O=C1CCC(=O)N(c2ccc(C(=O)Nc3nc(-c4cccc(F)c4)cs3)cc2)N1. The zero-order valence-corrected chi connectivity index (χ0v) is 15.8. The molecule has 2 N–H and O–H groups in total. The van der Waals surface area contributed by atoms with Gasteiger partial charge in [-0.05, 0) is 36.4 Å². The second-order valence-electron chi connectivity index (χ2n) is 6.31. The lowest BCUT2D eigenvalue weighted by Gasteiger charge is -2.27. The van der Waals surface area contributed by atoms with E-state index in [0.29, 0.717) is 27.6 Å². The van der Waals surface area contributed by atoms with Gasteiger partial charge < -0.3 is 0 Å². The van der Waals surface area contributed by atoms with Crippen molar-refractivity contribution in [1.29, 1.82) is 0 Å². The Bertz CT molecular complexity index is 1100. The van der Waals surface area contributed by atoms with Crippen molar-refractivity contribution < 1.29 is 18.8 Å². The van der Waals surface area contributed by atoms with Crippen molar-refractivity contribution in [2.24, 2.45) is 0 Å². The highest BCUT2D eigenvalue weighted by atomic mass is 32.1. The highest BCUT2D eigenvalue weighted by Crippen LogP contribution is 2.26. The monoisotopic (exact) mass is 410 g/mol. The van der Waals surface area contributed by atoms with E-state index >= 15 is 0 Å². The fourth-order valence-electron chi connectivity index (χ4n) is 2.83. The maximum absolute atomic E-state index is 13.4. The van der Waals surface area contributed by atoms with Gasteiger partial charge in [-0.1, -0.05) is 12.1 Å². The van der Waals surface area contributed by atoms with Crippen molar-refractivity contribution in [3.05, 3.63) is 65.3 Å². The van der Waals surface area contributed by atoms with Gasteiger partial charge in [0.2, 0.25) is 11.8 Å². The summed E-state index contributed by atoms with van der Waals surface area (Å²) in [5, 5.41) is 6.00. The van der Waals surface area contributed by atoms with E-state index in [1.54, 1.807) is 41.8 Å². The third-order valence-corrected chi connectivity index (χ3v) is 5.04. The molecule has 3 aromatic rings. The number of aromatic nitrogens is 1. The van der Waals surface area contributed by atoms with Crippen LogP contribution in [0.5, 0.6) is 0 Å². The summed E-state index contributed by atoms with van der Waals surface area (Å²) in [5.41, 5.74) is 4.54. The average molecular weight is 410 g/mol. The smallest absolute Gasteiger partial charge is 0.257 e. The zero-order chi connectivity index (χ0) is 20.4. The Hall–Kier alpha value is -3.59. The molecule has 1 aromatic heterocycles. The molecule has 9 heteroatoms. The number of nitrogens with zero attached hydrogens (tertiary/aromatic N) is 2. The third-order valence-electron chi connectivity index (χ3n) is 4.28. The molecule has 7 nitrogen and oxygen atoms in total. The van der Waals surface area contributed by atoms with Crippen molar-refractivity contribution in [2.75, 3.05) is 10.3 Å². The first-order valence-corrected chi connectivity index (χ1v) is 9.63. The largest absolute Gasteiger partial charge is 0.298 e. The quantitative estimate of drug-likeness (QED) is 0.690. The predicted molar refractivity (Wildman–Crippen MR) is 107 cm³/mol. The number of halogens is 1. The van der Waals surface area contributed by atoms with Crippen LogP contribution < -0.4 is 15.8 Å². The Labute approximate surface area is 169 Å². The van der Waals surface area contributed by atoms with Crippen molar-refractivity contribution in [2.45, 2.75) is 12.8 Å². The second kappa shape index (κ2) is 7.80. The summed E-state index contributed by atoms with van der Waals surface area (Å²) in [7, 11) is 0. The van der Waals surface area contributed by atoms with Crippen molar-refractivity contribution in [3.63, 3.8) is 0 Å². The summed E-state index contributed by atoms with van der Waals surface area (Å²) in [6.07, 6.45) is 0.313. The van der Waals surface area contributed by atoms with Crippen LogP contribution in [0.3, 0.4) is 0 Å². The number of hydrogen-bond donors (Lipinski definition) is 2. The summed E-state index contributed by atoms with van der Waals surface area (Å²) < 4.78 is 13.4. The van der Waals surface area contributed by atoms with Crippen LogP contribution in [0, 0.1) is 5.82 Å². The average Bonchev–Trinajstić information content (AvgIpc) is 3.18. The predicted octanol–water partition coefficient (Wildman–Crippen LogP) is 3.36. The lowest BCUT2D eigenvalue weighted by atomic mass is 10.1. The van der Waals surface area contributed by atoms with Crippen molar-refractivity contribution in [3.8, 4) is 11.3 Å². The summed E-state index contributed by atoms with van der Waals surface area (Å²) in [4.78, 5) is 40.2. The molecule has 0 saturated carbocycles. The van der Waals surface area contributed by atoms with E-state index in [0.717, 1.165) is 0 Å². The van der Waals surface area contributed by atoms with E-state index in [2.05, 4.69) is 15.7 Å². The maximum atomic E-state index is 13.4. The van der Waals surface area contributed by atoms with Crippen LogP contribution in [0.25, 0.3) is 11.3 Å². The van der Waals surface area contributed by atoms with Crippen molar-refractivity contribution in [1.82, 2.24) is 10.4 Å². The van der Waals surface area contributed by atoms with E-state index < -0.39 is 0 Å². The van der Waals surface area contributed by atoms with Crippen LogP contribution in [0.4, 0.5) is 15.2 Å². The molecule has 0 unspecified atom stereocenters. The van der Waals surface area contributed by atoms with Gasteiger partial charge in [0.1, 0.15) is 5.82 Å². The van der Waals surface area contributed by atoms with Gasteiger partial charge in [0, 0.05) is 29.3 Å². The molecule has 29 heavy (non-hydrogen) atoms. The molecule has 4 rings (SSSR count). The van der Waals surface area contributed by atoms with Crippen LogP contribution in [0.2, 0.25) is 0 Å². The molecule has 0 aliphatic carbocycles. The Balaban J connectivity index is 1.45. The summed E-state index contributed by atoms with van der Waals surface area (Å²) in [6, 6.07) is 12.3. The molecule has 2 heterocycles. The molecule has 1 aliphatic rings. The molecular formula is C20H15FN4O3S. The maximum Gasteiger partial charge on any atom is 0.257 e. The first-order chi connectivity index (χ1) is 14.0. The summed E-state index contributed by atoms with van der Waals surface area (Å²) in [6.45, 7) is 0. The molecule has 0 bridgehead atoms. The number of hydrazine groups is 1. The summed E-state index contributed by atoms with van der Waals surface area (Å²) in [5.74, 6) is -1.17. The first-order valence-electron chi connectivity index (χ1n) is 8.75. The molecule has 3 amide bonds. The number of anilines is 2. The molecule has 1 fully saturated rings. The number of amides is 3. The van der Waals surface area contributed by atoms with E-state index in [-0.39, 0.29) is 36.4 Å². The molecule has 146 valence electrons. The second-order valence-corrected chi connectivity index (χ2v) is 7.17. The topological polar surface area (TPSA) is 91.4 Å². The molecule has 1 aliphatic heterocycles. The van der Waals surface area contributed by atoms with Crippen LogP contribution in [-0.2, 0) is 9.59 Å². The number of hydrogen-bond acceptors (Lipinski definition) is 5. The van der Waals surface area contributed by atoms with E-state index in [1.807, 2.05) is 0 Å². The number of carbonyl (C=O) groups is 3. The van der Waals surface area contributed by atoms with E-state index in [1.165, 1.54) is 28.5 Å². The van der Waals surface area contributed by atoms with Crippen LogP contribution in [0.15, 0.2) is 53.9 Å². The number of rotatable bonds is 4. The molecule has 0 radical (unpaired) electrons. The minimum absolute atomic E-state index is 0.145. The van der Waals surface area contributed by atoms with Gasteiger partial charge in [-0.25, -0.2) is 14.4 Å². The Kier molecular flexibility index (Phi) is 5.05. The lowest BCUT2D eigenvalue weighted by Crippen LogP contribution is -2.50. The number of benzene rings is 2. The fraction of sp³-hybridized carbons (Fsp3) is 0.100. The standard InChI is InChI=1S/C20H15FN4O3S/c21-14-3-1-2-13(10-14)16-11-29-20(22-16)23-19(28)12-4-6-15(7-5-12)25-18(27)9-8-17(26)24-25/h1-7,10-11H,8-9H2,(H,24,26)(H,22,23,28). The first kappa shape index (κ1) is 18.8. The van der Waals surface area contributed by atoms with Crippen LogP contribution >= 0.6 is 11.3 Å². The fourth-order valence-corrected chi connectivity index (χ4v) is 3.54. The van der Waals surface area contributed by atoms with Gasteiger partial charge in [-0.15, -0.1) is 11.3 Å².